The van der Waals surface area contributed by atoms with Crippen molar-refractivity contribution in [1.29, 1.82) is 0 Å². The molecule has 1 aromatic rings. The molecule has 5 nitrogen and oxygen atoms in total. The Balaban J connectivity index is 2.11. The SMILES string of the molecule is Cc1cc(NC2CCCC(S(C)(=O)=O)C2)nc(C(C)C)n1. The summed E-state index contributed by atoms with van der Waals surface area (Å²) in [6, 6.07) is 2.10. The average Bonchev–Trinajstić information content (AvgIpc) is 2.37. The maximum atomic E-state index is 11.7. The van der Waals surface area contributed by atoms with E-state index in [0.717, 1.165) is 36.6 Å². The lowest BCUT2D eigenvalue weighted by atomic mass is 9.95. The van der Waals surface area contributed by atoms with E-state index in [4.69, 9.17) is 0 Å². The third kappa shape index (κ3) is 4.40. The van der Waals surface area contributed by atoms with Gasteiger partial charge in [-0.25, -0.2) is 18.4 Å². The summed E-state index contributed by atoms with van der Waals surface area (Å²) in [7, 11) is -2.95. The maximum absolute atomic E-state index is 11.7. The molecule has 1 saturated carbocycles. The van der Waals surface area contributed by atoms with E-state index >= 15 is 0 Å². The van der Waals surface area contributed by atoms with Crippen LogP contribution in [0.3, 0.4) is 0 Å². The zero-order valence-corrected chi connectivity index (χ0v) is 14.1. The predicted octanol–water partition coefficient (Wildman–Crippen LogP) is 2.68. The molecule has 0 saturated heterocycles. The van der Waals surface area contributed by atoms with E-state index in [1.807, 2.05) is 13.0 Å². The van der Waals surface area contributed by atoms with Crippen molar-refractivity contribution in [2.45, 2.75) is 63.7 Å². The standard InChI is InChI=1S/C15H25N3O2S/c1-10(2)15-16-11(3)8-14(18-15)17-12-6-5-7-13(9-12)21(4,19)20/h8,10,12-13H,5-7,9H2,1-4H3,(H,16,17,18). The number of aryl methyl sites for hydroxylation is 1. The quantitative estimate of drug-likeness (QED) is 0.925. The van der Waals surface area contributed by atoms with Gasteiger partial charge in [-0.3, -0.25) is 0 Å². The first-order chi connectivity index (χ1) is 9.75. The molecule has 1 heterocycles. The predicted molar refractivity (Wildman–Crippen MR) is 85.4 cm³/mol. The largest absolute Gasteiger partial charge is 0.367 e. The molecule has 2 rings (SSSR count). The molecule has 0 bridgehead atoms. The minimum Gasteiger partial charge on any atom is -0.367 e. The van der Waals surface area contributed by atoms with Crippen LogP contribution in [-0.2, 0) is 9.84 Å². The zero-order valence-electron chi connectivity index (χ0n) is 13.3. The fourth-order valence-electron chi connectivity index (χ4n) is 2.80. The van der Waals surface area contributed by atoms with Crippen LogP contribution in [0.2, 0.25) is 0 Å². The van der Waals surface area contributed by atoms with Crippen LogP contribution in [-0.4, -0.2) is 35.9 Å². The molecule has 21 heavy (non-hydrogen) atoms. The van der Waals surface area contributed by atoms with E-state index in [0.29, 0.717) is 6.42 Å². The van der Waals surface area contributed by atoms with Crippen LogP contribution in [0, 0.1) is 6.92 Å². The van der Waals surface area contributed by atoms with Crippen LogP contribution in [0.15, 0.2) is 6.07 Å². The molecule has 0 radical (unpaired) electrons. The first-order valence-corrected chi connectivity index (χ1v) is 9.52. The van der Waals surface area contributed by atoms with Crippen molar-refractivity contribution >= 4 is 15.7 Å². The molecule has 2 atom stereocenters. The van der Waals surface area contributed by atoms with Crippen molar-refractivity contribution in [3.8, 4) is 0 Å². The highest BCUT2D eigenvalue weighted by Gasteiger charge is 2.29. The molecule has 2 unspecified atom stereocenters. The van der Waals surface area contributed by atoms with Gasteiger partial charge in [-0.2, -0.15) is 0 Å². The third-order valence-corrected chi connectivity index (χ3v) is 5.61. The second kappa shape index (κ2) is 6.30. The summed E-state index contributed by atoms with van der Waals surface area (Å²) in [5.41, 5.74) is 0.937. The van der Waals surface area contributed by atoms with E-state index in [-0.39, 0.29) is 17.2 Å². The van der Waals surface area contributed by atoms with Gasteiger partial charge in [-0.1, -0.05) is 20.3 Å². The van der Waals surface area contributed by atoms with E-state index in [9.17, 15) is 8.42 Å². The Morgan fingerprint density at radius 1 is 1.29 bits per heavy atom. The number of sulfone groups is 1. The molecule has 1 fully saturated rings. The molecule has 0 aliphatic heterocycles. The van der Waals surface area contributed by atoms with Crippen LogP contribution < -0.4 is 5.32 Å². The molecule has 1 N–H and O–H groups in total. The Morgan fingerprint density at radius 2 is 2.00 bits per heavy atom. The van der Waals surface area contributed by atoms with Crippen LogP contribution in [0.4, 0.5) is 5.82 Å². The third-order valence-electron chi connectivity index (χ3n) is 3.97. The number of anilines is 1. The Bertz CT molecular complexity index is 599. The molecule has 0 amide bonds. The number of nitrogens with zero attached hydrogens (tertiary/aromatic N) is 2. The second-order valence-corrected chi connectivity index (χ2v) is 8.69. The number of hydrogen-bond donors (Lipinski definition) is 1. The van der Waals surface area contributed by atoms with Crippen molar-refractivity contribution in [1.82, 2.24) is 9.97 Å². The Kier molecular flexibility index (Phi) is 4.86. The van der Waals surface area contributed by atoms with Gasteiger partial charge in [0.2, 0.25) is 0 Å². The molecule has 1 aromatic heterocycles. The normalized spacial score (nSPS) is 23.3. The molecule has 0 aromatic carbocycles. The molecule has 6 heteroatoms. The zero-order chi connectivity index (χ0) is 15.6. The van der Waals surface area contributed by atoms with Gasteiger partial charge in [0.15, 0.2) is 0 Å². The highest BCUT2D eigenvalue weighted by molar-refractivity contribution is 7.91. The fraction of sp³-hybridized carbons (Fsp3) is 0.733. The van der Waals surface area contributed by atoms with Crippen molar-refractivity contribution in [3.05, 3.63) is 17.6 Å². The van der Waals surface area contributed by atoms with Crippen molar-refractivity contribution < 1.29 is 8.42 Å². The lowest BCUT2D eigenvalue weighted by Crippen LogP contribution is -2.34. The smallest absolute Gasteiger partial charge is 0.150 e. The molecule has 1 aliphatic rings. The summed E-state index contributed by atoms with van der Waals surface area (Å²) in [6.45, 7) is 6.09. The van der Waals surface area contributed by atoms with E-state index in [1.54, 1.807) is 0 Å². The highest BCUT2D eigenvalue weighted by atomic mass is 32.2. The summed E-state index contributed by atoms with van der Waals surface area (Å²) >= 11 is 0. The van der Waals surface area contributed by atoms with Crippen LogP contribution in [0.5, 0.6) is 0 Å². The van der Waals surface area contributed by atoms with Crippen LogP contribution in [0.1, 0.15) is 57.0 Å². The molecule has 0 spiro atoms. The first kappa shape index (κ1) is 16.2. The average molecular weight is 311 g/mol. The number of hydrogen-bond acceptors (Lipinski definition) is 5. The van der Waals surface area contributed by atoms with E-state index in [1.165, 1.54) is 6.26 Å². The van der Waals surface area contributed by atoms with Gasteiger partial charge in [0.1, 0.15) is 21.5 Å². The Labute approximate surface area is 127 Å². The molecule has 1 aliphatic carbocycles. The fourth-order valence-corrected chi connectivity index (χ4v) is 3.97. The van der Waals surface area contributed by atoms with E-state index < -0.39 is 9.84 Å². The van der Waals surface area contributed by atoms with Gasteiger partial charge >= 0.3 is 0 Å². The lowest BCUT2D eigenvalue weighted by molar-refractivity contribution is 0.452. The van der Waals surface area contributed by atoms with Gasteiger partial charge < -0.3 is 5.32 Å². The van der Waals surface area contributed by atoms with Gasteiger partial charge in [-0.15, -0.1) is 0 Å². The van der Waals surface area contributed by atoms with Gasteiger partial charge in [0.25, 0.3) is 0 Å². The monoisotopic (exact) mass is 311 g/mol. The number of aromatic nitrogens is 2. The van der Waals surface area contributed by atoms with Crippen LogP contribution >= 0.6 is 0 Å². The minimum atomic E-state index is -2.95. The highest BCUT2D eigenvalue weighted by Crippen LogP contribution is 2.26. The molecular formula is C15H25N3O2S. The Hall–Kier alpha value is -1.17. The summed E-state index contributed by atoms with van der Waals surface area (Å²) in [4.78, 5) is 8.98. The topological polar surface area (TPSA) is 72.0 Å². The molecular weight excluding hydrogens is 286 g/mol. The number of nitrogens with one attached hydrogen (secondary N) is 1. The maximum Gasteiger partial charge on any atom is 0.150 e. The van der Waals surface area contributed by atoms with E-state index in [2.05, 4.69) is 29.1 Å². The minimum absolute atomic E-state index is 0.174. The molecule has 118 valence electrons. The van der Waals surface area contributed by atoms with Crippen LogP contribution in [0.25, 0.3) is 0 Å². The summed E-state index contributed by atoms with van der Waals surface area (Å²) in [5.74, 6) is 1.92. The summed E-state index contributed by atoms with van der Waals surface area (Å²) in [6.07, 6.45) is 4.71. The van der Waals surface area contributed by atoms with Crippen molar-refractivity contribution in [2.24, 2.45) is 0 Å². The van der Waals surface area contributed by atoms with Gasteiger partial charge in [0, 0.05) is 30.0 Å². The summed E-state index contributed by atoms with van der Waals surface area (Å²) in [5, 5.41) is 3.18. The second-order valence-electron chi connectivity index (χ2n) is 6.37. The van der Waals surface area contributed by atoms with Gasteiger partial charge in [-0.05, 0) is 26.2 Å². The van der Waals surface area contributed by atoms with Gasteiger partial charge in [0.05, 0.1) is 5.25 Å². The lowest BCUT2D eigenvalue weighted by Gasteiger charge is -2.29. The van der Waals surface area contributed by atoms with Crippen molar-refractivity contribution in [3.63, 3.8) is 0 Å². The van der Waals surface area contributed by atoms with Crippen molar-refractivity contribution in [2.75, 3.05) is 11.6 Å². The number of rotatable bonds is 4. The summed E-state index contributed by atoms with van der Waals surface area (Å²) < 4.78 is 23.5. The first-order valence-electron chi connectivity index (χ1n) is 7.56. The Morgan fingerprint density at radius 3 is 2.62 bits per heavy atom.